The quantitative estimate of drug-likeness (QED) is 0.901. The lowest BCUT2D eigenvalue weighted by molar-refractivity contribution is -0.0392. The molecule has 118 valence electrons. The standard InChI is InChI=1S/C14H23ClN4O2/c1-10-11(15)12(16-18(10)4)13(20)19-7-5-6-14(21,9-19)8-17(2)3/h21H,5-9H2,1-4H3/t14-/m0/s1. The van der Waals surface area contributed by atoms with Crippen molar-refractivity contribution in [1.82, 2.24) is 19.6 Å². The summed E-state index contributed by atoms with van der Waals surface area (Å²) in [7, 11) is 5.59. The van der Waals surface area contributed by atoms with Gasteiger partial charge in [-0.25, -0.2) is 0 Å². The van der Waals surface area contributed by atoms with Crippen LogP contribution in [0.5, 0.6) is 0 Å². The molecule has 2 heterocycles. The number of carbonyl (C=O) groups is 1. The molecule has 1 aliphatic heterocycles. The lowest BCUT2D eigenvalue weighted by atomic mass is 9.92. The van der Waals surface area contributed by atoms with E-state index in [1.54, 1.807) is 16.6 Å². The third kappa shape index (κ3) is 3.39. The third-order valence-electron chi connectivity index (χ3n) is 3.92. The van der Waals surface area contributed by atoms with Crippen LogP contribution in [0.1, 0.15) is 29.0 Å². The number of β-amino-alcohol motifs (C(OH)–C–C–N with tert-alkyl or cyclic N) is 1. The van der Waals surface area contributed by atoms with Gasteiger partial charge < -0.3 is 14.9 Å². The van der Waals surface area contributed by atoms with E-state index in [0.29, 0.717) is 31.1 Å². The number of likely N-dealkylation sites (N-methyl/N-ethyl adjacent to an activating group) is 1. The van der Waals surface area contributed by atoms with Crippen LogP contribution in [0.4, 0.5) is 0 Å². The van der Waals surface area contributed by atoms with E-state index in [1.807, 2.05) is 25.9 Å². The number of rotatable bonds is 3. The van der Waals surface area contributed by atoms with Crippen LogP contribution in [0, 0.1) is 6.92 Å². The van der Waals surface area contributed by atoms with Crippen molar-refractivity contribution >= 4 is 17.5 Å². The minimum absolute atomic E-state index is 0.208. The molecule has 0 aliphatic carbocycles. The molecule has 1 aromatic heterocycles. The highest BCUT2D eigenvalue weighted by Gasteiger charge is 2.37. The van der Waals surface area contributed by atoms with Gasteiger partial charge in [-0.2, -0.15) is 5.10 Å². The molecule has 0 spiro atoms. The zero-order valence-corrected chi connectivity index (χ0v) is 13.8. The highest BCUT2D eigenvalue weighted by atomic mass is 35.5. The number of piperidine rings is 1. The molecule has 1 atom stereocenters. The van der Waals surface area contributed by atoms with Crippen LogP contribution in [-0.2, 0) is 7.05 Å². The molecule has 0 radical (unpaired) electrons. The summed E-state index contributed by atoms with van der Waals surface area (Å²) < 4.78 is 1.60. The molecule has 2 rings (SSSR count). The van der Waals surface area contributed by atoms with Crippen LogP contribution in [0.2, 0.25) is 5.02 Å². The molecule has 1 aromatic rings. The van der Waals surface area contributed by atoms with Crippen LogP contribution in [0.15, 0.2) is 0 Å². The van der Waals surface area contributed by atoms with E-state index in [2.05, 4.69) is 5.10 Å². The predicted octanol–water partition coefficient (Wildman–Crippen LogP) is 0.911. The molecule has 1 fully saturated rings. The molecular formula is C14H23ClN4O2. The first-order valence-corrected chi connectivity index (χ1v) is 7.47. The summed E-state index contributed by atoms with van der Waals surface area (Å²) in [5.74, 6) is -0.208. The maximum atomic E-state index is 12.6. The summed E-state index contributed by atoms with van der Waals surface area (Å²) in [5, 5.41) is 15.2. The fraction of sp³-hybridized carbons (Fsp3) is 0.714. The highest BCUT2D eigenvalue weighted by molar-refractivity contribution is 6.34. The van der Waals surface area contributed by atoms with Gasteiger partial charge in [-0.05, 0) is 33.9 Å². The number of hydrogen-bond acceptors (Lipinski definition) is 4. The average Bonchev–Trinajstić information content (AvgIpc) is 2.64. The molecule has 0 aromatic carbocycles. The molecule has 0 saturated carbocycles. The van der Waals surface area contributed by atoms with E-state index < -0.39 is 5.60 Å². The smallest absolute Gasteiger partial charge is 0.276 e. The lowest BCUT2D eigenvalue weighted by Crippen LogP contribution is -2.54. The van der Waals surface area contributed by atoms with Gasteiger partial charge >= 0.3 is 0 Å². The summed E-state index contributed by atoms with van der Waals surface area (Å²) >= 11 is 6.18. The second kappa shape index (κ2) is 5.94. The van der Waals surface area contributed by atoms with Gasteiger partial charge in [0.2, 0.25) is 0 Å². The number of halogens is 1. The number of likely N-dealkylation sites (tertiary alicyclic amines) is 1. The van der Waals surface area contributed by atoms with Gasteiger partial charge in [-0.15, -0.1) is 0 Å². The first-order valence-electron chi connectivity index (χ1n) is 7.09. The second-order valence-electron chi connectivity index (χ2n) is 6.16. The summed E-state index contributed by atoms with van der Waals surface area (Å²) in [4.78, 5) is 16.2. The van der Waals surface area contributed by atoms with Crippen molar-refractivity contribution in [2.75, 3.05) is 33.7 Å². The monoisotopic (exact) mass is 314 g/mol. The number of aromatic nitrogens is 2. The van der Waals surface area contributed by atoms with Crippen molar-refractivity contribution in [3.05, 3.63) is 16.4 Å². The van der Waals surface area contributed by atoms with E-state index in [0.717, 1.165) is 12.1 Å². The third-order valence-corrected chi connectivity index (χ3v) is 4.37. The largest absolute Gasteiger partial charge is 0.387 e. The molecule has 0 bridgehead atoms. The Morgan fingerprint density at radius 3 is 2.71 bits per heavy atom. The maximum absolute atomic E-state index is 12.6. The Labute approximate surface area is 130 Å². The molecule has 1 N–H and O–H groups in total. The topological polar surface area (TPSA) is 61.6 Å². The van der Waals surface area contributed by atoms with Gasteiger partial charge in [0, 0.05) is 20.1 Å². The van der Waals surface area contributed by atoms with Gasteiger partial charge in [0.05, 0.1) is 22.9 Å². The Hall–Kier alpha value is -1.11. The van der Waals surface area contributed by atoms with Crippen LogP contribution in [-0.4, -0.2) is 69.9 Å². The number of hydrogen-bond donors (Lipinski definition) is 1. The van der Waals surface area contributed by atoms with Crippen LogP contribution in [0.3, 0.4) is 0 Å². The summed E-state index contributed by atoms with van der Waals surface area (Å²) in [6.45, 7) is 3.30. The zero-order valence-electron chi connectivity index (χ0n) is 13.1. The first kappa shape index (κ1) is 16.3. The van der Waals surface area contributed by atoms with Crippen LogP contribution < -0.4 is 0 Å². The van der Waals surface area contributed by atoms with Crippen molar-refractivity contribution in [3.8, 4) is 0 Å². The number of carbonyl (C=O) groups excluding carboxylic acids is 1. The van der Waals surface area contributed by atoms with Crippen molar-refractivity contribution in [1.29, 1.82) is 0 Å². The van der Waals surface area contributed by atoms with E-state index in [1.165, 1.54) is 0 Å². The number of aliphatic hydroxyl groups is 1. The predicted molar refractivity (Wildman–Crippen MR) is 81.6 cm³/mol. The average molecular weight is 315 g/mol. The molecule has 0 unspecified atom stereocenters. The van der Waals surface area contributed by atoms with E-state index in [4.69, 9.17) is 11.6 Å². The minimum atomic E-state index is -0.867. The van der Waals surface area contributed by atoms with Crippen LogP contribution in [0.25, 0.3) is 0 Å². The van der Waals surface area contributed by atoms with Crippen LogP contribution >= 0.6 is 11.6 Å². The first-order chi connectivity index (χ1) is 9.73. The minimum Gasteiger partial charge on any atom is -0.387 e. The number of amides is 1. The number of aryl methyl sites for hydroxylation is 1. The Balaban J connectivity index is 2.17. The Morgan fingerprint density at radius 1 is 1.52 bits per heavy atom. The van der Waals surface area contributed by atoms with Gasteiger partial charge in [0.1, 0.15) is 0 Å². The lowest BCUT2D eigenvalue weighted by Gasteiger charge is -2.40. The number of nitrogens with zero attached hydrogens (tertiary/aromatic N) is 4. The Kier molecular flexibility index (Phi) is 4.60. The van der Waals surface area contributed by atoms with E-state index in [-0.39, 0.29) is 11.6 Å². The van der Waals surface area contributed by atoms with Gasteiger partial charge in [0.25, 0.3) is 5.91 Å². The molecule has 1 amide bonds. The summed E-state index contributed by atoms with van der Waals surface area (Å²) in [5.41, 5.74) is 0.166. The maximum Gasteiger partial charge on any atom is 0.276 e. The van der Waals surface area contributed by atoms with Gasteiger partial charge in [-0.3, -0.25) is 9.48 Å². The van der Waals surface area contributed by atoms with Crippen molar-refractivity contribution in [2.45, 2.75) is 25.4 Å². The molecule has 1 saturated heterocycles. The Morgan fingerprint density at radius 2 is 2.19 bits per heavy atom. The molecule has 1 aliphatic rings. The zero-order chi connectivity index (χ0) is 15.8. The molecule has 21 heavy (non-hydrogen) atoms. The fourth-order valence-electron chi connectivity index (χ4n) is 2.87. The normalized spacial score (nSPS) is 22.9. The van der Waals surface area contributed by atoms with Crippen molar-refractivity contribution in [3.63, 3.8) is 0 Å². The molecular weight excluding hydrogens is 292 g/mol. The van der Waals surface area contributed by atoms with Gasteiger partial charge in [0.15, 0.2) is 5.69 Å². The fourth-order valence-corrected chi connectivity index (χ4v) is 3.11. The molecule has 6 nitrogen and oxygen atoms in total. The summed E-state index contributed by atoms with van der Waals surface area (Å²) in [6.07, 6.45) is 1.48. The van der Waals surface area contributed by atoms with Crippen molar-refractivity contribution < 1.29 is 9.90 Å². The second-order valence-corrected chi connectivity index (χ2v) is 6.54. The summed E-state index contributed by atoms with van der Waals surface area (Å²) in [6, 6.07) is 0. The van der Waals surface area contributed by atoms with E-state index in [9.17, 15) is 9.90 Å². The highest BCUT2D eigenvalue weighted by Crippen LogP contribution is 2.26. The SMILES string of the molecule is Cc1c(Cl)c(C(=O)N2CCC[C@](O)(CN(C)C)C2)nn1C. The van der Waals surface area contributed by atoms with E-state index >= 15 is 0 Å². The Bertz CT molecular complexity index is 543. The van der Waals surface area contributed by atoms with Crippen molar-refractivity contribution in [2.24, 2.45) is 7.05 Å². The molecule has 7 heteroatoms. The van der Waals surface area contributed by atoms with Gasteiger partial charge in [-0.1, -0.05) is 11.6 Å².